The van der Waals surface area contributed by atoms with Crippen LogP contribution < -0.4 is 5.73 Å². The van der Waals surface area contributed by atoms with E-state index in [0.29, 0.717) is 5.75 Å². The third kappa shape index (κ3) is 18.4. The fraction of sp³-hybridized carbons (Fsp3) is 0.952. The minimum Gasteiger partial charge on any atom is -0.396 e. The van der Waals surface area contributed by atoms with Crippen LogP contribution in [0.5, 0.6) is 0 Å². The molecular weight excluding hydrogens is 330 g/mol. The Morgan fingerprint density at radius 2 is 1.20 bits per heavy atom. The van der Waals surface area contributed by atoms with Crippen LogP contribution in [0.4, 0.5) is 0 Å². The Hall–Kier alpha value is -0.220. The molecule has 150 valence electrons. The summed E-state index contributed by atoms with van der Waals surface area (Å²) in [4.78, 5) is 11.0. The van der Waals surface area contributed by atoms with Gasteiger partial charge < -0.3 is 10.8 Å². The number of carbonyl (C=O) groups excluding carboxylic acids is 1. The second-order valence-corrected chi connectivity index (χ2v) is 8.46. The third-order valence-corrected chi connectivity index (χ3v) is 6.05. The van der Waals surface area contributed by atoms with Gasteiger partial charge in [0, 0.05) is 5.75 Å². The highest BCUT2D eigenvalue weighted by Gasteiger charge is 2.13. The van der Waals surface area contributed by atoms with Crippen molar-refractivity contribution in [1.82, 2.24) is 0 Å². The van der Waals surface area contributed by atoms with Crippen molar-refractivity contribution in [3.05, 3.63) is 0 Å². The van der Waals surface area contributed by atoms with Crippen LogP contribution in [0.15, 0.2) is 0 Å². The number of amides is 1. The van der Waals surface area contributed by atoms with Crippen molar-refractivity contribution >= 4 is 17.7 Å². The van der Waals surface area contributed by atoms with Crippen molar-refractivity contribution in [1.29, 1.82) is 0 Å². The first kappa shape index (κ1) is 24.8. The zero-order valence-corrected chi connectivity index (χ0v) is 17.5. The minimum atomic E-state index is -0.383. The first-order valence-electron chi connectivity index (χ1n) is 10.7. The number of primary amides is 1. The summed E-state index contributed by atoms with van der Waals surface area (Å²) in [5, 5.41) is 9.02. The molecule has 0 saturated heterocycles. The molecule has 0 rings (SSSR count). The van der Waals surface area contributed by atoms with Gasteiger partial charge in [-0.1, -0.05) is 96.8 Å². The standard InChI is InChI=1S/C21H43NO2S/c1-2-3-4-5-6-7-8-9-10-11-12-13-14-15-16-17-25-19-20(18-23)21(22)24/h20,23H,2-19H2,1H3,(H2,22,24). The lowest BCUT2D eigenvalue weighted by atomic mass is 10.0. The molecular formula is C21H43NO2S. The van der Waals surface area contributed by atoms with Gasteiger partial charge in [0.05, 0.1) is 12.5 Å². The molecule has 0 bridgehead atoms. The highest BCUT2D eigenvalue weighted by molar-refractivity contribution is 7.99. The minimum absolute atomic E-state index is 0.124. The molecule has 0 aliphatic carbocycles. The van der Waals surface area contributed by atoms with Gasteiger partial charge in [0.2, 0.25) is 5.91 Å². The predicted octanol–water partition coefficient (Wildman–Crippen LogP) is 5.68. The first-order valence-corrected chi connectivity index (χ1v) is 11.9. The van der Waals surface area contributed by atoms with E-state index in [1.807, 2.05) is 0 Å². The number of carbonyl (C=O) groups is 1. The van der Waals surface area contributed by atoms with Crippen molar-refractivity contribution in [2.75, 3.05) is 18.1 Å². The largest absolute Gasteiger partial charge is 0.396 e. The summed E-state index contributed by atoms with van der Waals surface area (Å²) in [6, 6.07) is 0. The number of thioether (sulfide) groups is 1. The molecule has 3 N–H and O–H groups in total. The maximum Gasteiger partial charge on any atom is 0.223 e. The highest BCUT2D eigenvalue weighted by Crippen LogP contribution is 2.15. The molecule has 1 unspecified atom stereocenters. The molecule has 0 aromatic carbocycles. The molecule has 0 saturated carbocycles. The Kier molecular flexibility index (Phi) is 19.9. The van der Waals surface area contributed by atoms with Crippen LogP contribution in [0.3, 0.4) is 0 Å². The molecule has 1 atom stereocenters. The first-order chi connectivity index (χ1) is 12.2. The lowest BCUT2D eigenvalue weighted by Gasteiger charge is -2.09. The van der Waals surface area contributed by atoms with Gasteiger partial charge in [-0.2, -0.15) is 11.8 Å². The summed E-state index contributed by atoms with van der Waals surface area (Å²) in [5.74, 6) is 0.972. The summed E-state index contributed by atoms with van der Waals surface area (Å²) in [7, 11) is 0. The fourth-order valence-corrected chi connectivity index (χ4v) is 4.15. The molecule has 0 heterocycles. The molecule has 0 aromatic heterocycles. The van der Waals surface area contributed by atoms with Crippen LogP contribution in [0.1, 0.15) is 103 Å². The Bertz CT molecular complexity index is 287. The van der Waals surface area contributed by atoms with E-state index in [4.69, 9.17) is 10.8 Å². The second kappa shape index (κ2) is 20.1. The van der Waals surface area contributed by atoms with E-state index in [1.165, 1.54) is 96.3 Å². The third-order valence-electron chi connectivity index (χ3n) is 4.83. The monoisotopic (exact) mass is 373 g/mol. The van der Waals surface area contributed by atoms with Crippen LogP contribution in [0.25, 0.3) is 0 Å². The van der Waals surface area contributed by atoms with Crippen molar-refractivity contribution in [2.24, 2.45) is 11.7 Å². The summed E-state index contributed by atoms with van der Waals surface area (Å²) in [6.07, 6.45) is 20.8. The van der Waals surface area contributed by atoms with Gasteiger partial charge in [-0.15, -0.1) is 0 Å². The van der Waals surface area contributed by atoms with Gasteiger partial charge in [0.1, 0.15) is 0 Å². The molecule has 0 radical (unpaired) electrons. The van der Waals surface area contributed by atoms with Crippen LogP contribution in [-0.2, 0) is 4.79 Å². The van der Waals surface area contributed by atoms with E-state index in [9.17, 15) is 4.79 Å². The summed E-state index contributed by atoms with van der Waals surface area (Å²) in [6.45, 7) is 2.15. The van der Waals surface area contributed by atoms with E-state index < -0.39 is 0 Å². The van der Waals surface area contributed by atoms with Gasteiger partial charge in [-0.25, -0.2) is 0 Å². The lowest BCUT2D eigenvalue weighted by molar-refractivity contribution is -0.122. The molecule has 0 aliphatic heterocycles. The van der Waals surface area contributed by atoms with E-state index in [2.05, 4.69) is 6.92 Å². The maximum atomic E-state index is 11.0. The zero-order valence-electron chi connectivity index (χ0n) is 16.6. The molecule has 3 nitrogen and oxygen atoms in total. The van der Waals surface area contributed by atoms with Gasteiger partial charge in [-0.05, 0) is 12.2 Å². The van der Waals surface area contributed by atoms with Gasteiger partial charge in [-0.3, -0.25) is 4.79 Å². The number of nitrogens with two attached hydrogens (primary N) is 1. The second-order valence-electron chi connectivity index (χ2n) is 7.31. The average molecular weight is 374 g/mol. The molecule has 0 aliphatic rings. The van der Waals surface area contributed by atoms with Crippen LogP contribution in [-0.4, -0.2) is 29.1 Å². The van der Waals surface area contributed by atoms with E-state index in [1.54, 1.807) is 11.8 Å². The number of unbranched alkanes of at least 4 members (excludes halogenated alkanes) is 14. The molecule has 0 aromatic rings. The Labute approximate surface area is 160 Å². The maximum absolute atomic E-state index is 11.0. The molecule has 25 heavy (non-hydrogen) atoms. The molecule has 0 fully saturated rings. The van der Waals surface area contributed by atoms with Crippen LogP contribution >= 0.6 is 11.8 Å². The highest BCUT2D eigenvalue weighted by atomic mass is 32.2. The van der Waals surface area contributed by atoms with Crippen LogP contribution in [0.2, 0.25) is 0 Å². The van der Waals surface area contributed by atoms with E-state index >= 15 is 0 Å². The molecule has 4 heteroatoms. The Morgan fingerprint density at radius 1 is 0.800 bits per heavy atom. The van der Waals surface area contributed by atoms with Crippen molar-refractivity contribution in [3.8, 4) is 0 Å². The lowest BCUT2D eigenvalue weighted by Crippen LogP contribution is -2.28. The summed E-state index contributed by atoms with van der Waals surface area (Å²) < 4.78 is 0. The number of hydrogen-bond donors (Lipinski definition) is 2. The smallest absolute Gasteiger partial charge is 0.223 e. The van der Waals surface area contributed by atoms with Crippen molar-refractivity contribution < 1.29 is 9.90 Å². The van der Waals surface area contributed by atoms with Crippen molar-refractivity contribution in [2.45, 2.75) is 103 Å². The molecule has 0 spiro atoms. The number of aliphatic hydroxyl groups excluding tert-OH is 1. The predicted molar refractivity (Wildman–Crippen MR) is 112 cm³/mol. The topological polar surface area (TPSA) is 63.3 Å². The van der Waals surface area contributed by atoms with Gasteiger partial charge in [0.15, 0.2) is 0 Å². The summed E-state index contributed by atoms with van der Waals surface area (Å²) in [5.41, 5.74) is 5.21. The molecule has 1 amide bonds. The van der Waals surface area contributed by atoms with E-state index in [-0.39, 0.29) is 18.4 Å². The number of rotatable bonds is 20. The van der Waals surface area contributed by atoms with Crippen molar-refractivity contribution in [3.63, 3.8) is 0 Å². The van der Waals surface area contributed by atoms with Gasteiger partial charge >= 0.3 is 0 Å². The van der Waals surface area contributed by atoms with Gasteiger partial charge in [0.25, 0.3) is 0 Å². The van der Waals surface area contributed by atoms with Crippen LogP contribution in [0, 0.1) is 5.92 Å². The zero-order chi connectivity index (χ0) is 18.6. The number of aliphatic hydroxyl groups is 1. The van der Waals surface area contributed by atoms with E-state index in [0.717, 1.165) is 5.75 Å². The SMILES string of the molecule is CCCCCCCCCCCCCCCCCSCC(CO)C(N)=O. The average Bonchev–Trinajstić information content (AvgIpc) is 2.60. The normalized spacial score (nSPS) is 12.4. The summed E-state index contributed by atoms with van der Waals surface area (Å²) >= 11 is 1.74. The number of hydrogen-bond acceptors (Lipinski definition) is 3. The Balaban J connectivity index is 3.11. The quantitative estimate of drug-likeness (QED) is 0.270. The Morgan fingerprint density at radius 3 is 1.56 bits per heavy atom. The fourth-order valence-electron chi connectivity index (χ4n) is 3.03.